The zero-order valence-electron chi connectivity index (χ0n) is 11.3. The lowest BCUT2D eigenvalue weighted by Crippen LogP contribution is -2.38. The van der Waals surface area contributed by atoms with Crippen molar-refractivity contribution < 1.29 is 9.47 Å². The maximum atomic E-state index is 5.90. The summed E-state index contributed by atoms with van der Waals surface area (Å²) in [5.74, 6) is 0.726. The van der Waals surface area contributed by atoms with Gasteiger partial charge in [0.05, 0.1) is 13.2 Å². The quantitative estimate of drug-likeness (QED) is 0.905. The minimum atomic E-state index is 0.154. The van der Waals surface area contributed by atoms with Crippen LogP contribution in [0.25, 0.3) is 10.8 Å². The Morgan fingerprint density at radius 2 is 2.00 bits per heavy atom. The van der Waals surface area contributed by atoms with Crippen LogP contribution in [0.2, 0.25) is 0 Å². The molecule has 4 nitrogen and oxygen atoms in total. The summed E-state index contributed by atoms with van der Waals surface area (Å²) in [5.41, 5.74) is 1.24. The van der Waals surface area contributed by atoms with Crippen molar-refractivity contribution in [1.82, 2.24) is 10.3 Å². The Kier molecular flexibility index (Phi) is 3.05. The number of pyridine rings is 1. The van der Waals surface area contributed by atoms with Crippen LogP contribution in [-0.4, -0.2) is 30.3 Å². The third kappa shape index (κ3) is 2.37. The molecule has 0 amide bonds. The van der Waals surface area contributed by atoms with Gasteiger partial charge in [-0.05, 0) is 29.9 Å². The van der Waals surface area contributed by atoms with E-state index in [4.69, 9.17) is 9.47 Å². The van der Waals surface area contributed by atoms with Crippen molar-refractivity contribution in [3.8, 4) is 5.88 Å². The molecule has 1 aliphatic heterocycles. The fourth-order valence-electron chi connectivity index (χ4n) is 2.44. The Bertz CT molecular complexity index is 621. The largest absolute Gasteiger partial charge is 0.469 e. The lowest BCUT2D eigenvalue weighted by molar-refractivity contribution is -0.0807. The summed E-state index contributed by atoms with van der Waals surface area (Å²) < 4.78 is 11.1. The standard InChI is InChI=1S/C16H18N2O2/c1-2-4-15-14(3-1)11(7-17-12-5-6-12)8-18-16(15)20-13-9-19-10-13/h1-4,8,12-13,17H,5-7,9-10H2. The molecule has 2 aromatic rings. The number of ether oxygens (including phenoxy) is 2. The first-order valence-electron chi connectivity index (χ1n) is 7.24. The number of benzene rings is 1. The fourth-order valence-corrected chi connectivity index (χ4v) is 2.44. The lowest BCUT2D eigenvalue weighted by atomic mass is 10.1. The summed E-state index contributed by atoms with van der Waals surface area (Å²) in [4.78, 5) is 4.51. The summed E-state index contributed by atoms with van der Waals surface area (Å²) in [6.45, 7) is 2.22. The molecule has 1 N–H and O–H groups in total. The highest BCUT2D eigenvalue weighted by atomic mass is 16.6. The molecule has 0 spiro atoms. The molecule has 0 unspecified atom stereocenters. The van der Waals surface area contributed by atoms with Gasteiger partial charge in [0.15, 0.2) is 0 Å². The fraction of sp³-hybridized carbons (Fsp3) is 0.438. The van der Waals surface area contributed by atoms with E-state index in [2.05, 4.69) is 28.5 Å². The van der Waals surface area contributed by atoms with Crippen LogP contribution >= 0.6 is 0 Å². The van der Waals surface area contributed by atoms with Gasteiger partial charge in [-0.1, -0.05) is 18.2 Å². The summed E-state index contributed by atoms with van der Waals surface area (Å²) in [6.07, 6.45) is 4.69. The zero-order valence-corrected chi connectivity index (χ0v) is 11.3. The Morgan fingerprint density at radius 3 is 2.70 bits per heavy atom. The summed E-state index contributed by atoms with van der Waals surface area (Å²) >= 11 is 0. The lowest BCUT2D eigenvalue weighted by Gasteiger charge is -2.26. The number of rotatable bonds is 5. The van der Waals surface area contributed by atoms with Gasteiger partial charge in [-0.2, -0.15) is 0 Å². The summed E-state index contributed by atoms with van der Waals surface area (Å²) in [7, 11) is 0. The van der Waals surface area contributed by atoms with Crippen molar-refractivity contribution in [3.05, 3.63) is 36.0 Å². The molecular formula is C16H18N2O2. The molecule has 4 heteroatoms. The molecule has 2 aliphatic rings. The Labute approximate surface area is 118 Å². The molecule has 2 heterocycles. The van der Waals surface area contributed by atoms with Gasteiger partial charge in [-0.15, -0.1) is 0 Å². The van der Waals surface area contributed by atoms with Crippen molar-refractivity contribution in [2.75, 3.05) is 13.2 Å². The third-order valence-electron chi connectivity index (χ3n) is 3.89. The molecule has 4 rings (SSSR count). The maximum Gasteiger partial charge on any atom is 0.221 e. The second-order valence-corrected chi connectivity index (χ2v) is 5.57. The highest BCUT2D eigenvalue weighted by molar-refractivity contribution is 5.89. The van der Waals surface area contributed by atoms with E-state index in [9.17, 15) is 0 Å². The van der Waals surface area contributed by atoms with Crippen LogP contribution < -0.4 is 10.1 Å². The molecular weight excluding hydrogens is 252 g/mol. The van der Waals surface area contributed by atoms with E-state index in [0.29, 0.717) is 19.3 Å². The first kappa shape index (κ1) is 12.1. The van der Waals surface area contributed by atoms with Crippen LogP contribution in [0.15, 0.2) is 30.5 Å². The van der Waals surface area contributed by atoms with Gasteiger partial charge in [0.1, 0.15) is 6.10 Å². The van der Waals surface area contributed by atoms with E-state index in [-0.39, 0.29) is 6.10 Å². The summed E-state index contributed by atoms with van der Waals surface area (Å²) in [6, 6.07) is 9.03. The van der Waals surface area contributed by atoms with E-state index in [1.54, 1.807) is 0 Å². The number of nitrogens with one attached hydrogen (secondary N) is 1. The van der Waals surface area contributed by atoms with Gasteiger partial charge in [-0.25, -0.2) is 4.98 Å². The molecule has 0 atom stereocenters. The van der Waals surface area contributed by atoms with Crippen molar-refractivity contribution >= 4 is 10.8 Å². The third-order valence-corrected chi connectivity index (χ3v) is 3.89. The van der Waals surface area contributed by atoms with Crippen LogP contribution in [0.1, 0.15) is 18.4 Å². The second kappa shape index (κ2) is 5.04. The predicted molar refractivity (Wildman–Crippen MR) is 76.8 cm³/mol. The number of fused-ring (bicyclic) bond motifs is 1. The van der Waals surface area contributed by atoms with Crippen molar-refractivity contribution in [3.63, 3.8) is 0 Å². The average molecular weight is 270 g/mol. The summed E-state index contributed by atoms with van der Waals surface area (Å²) in [5, 5.41) is 5.87. The highest BCUT2D eigenvalue weighted by Gasteiger charge is 2.23. The van der Waals surface area contributed by atoms with Crippen molar-refractivity contribution in [2.24, 2.45) is 0 Å². The molecule has 0 bridgehead atoms. The first-order valence-corrected chi connectivity index (χ1v) is 7.24. The Morgan fingerprint density at radius 1 is 1.20 bits per heavy atom. The normalized spacial score (nSPS) is 19.0. The SMILES string of the molecule is c1ccc2c(OC3COC3)ncc(CNC3CC3)c2c1. The number of hydrogen-bond donors (Lipinski definition) is 1. The van der Waals surface area contributed by atoms with E-state index in [0.717, 1.165) is 17.8 Å². The van der Waals surface area contributed by atoms with Crippen LogP contribution in [-0.2, 0) is 11.3 Å². The Hall–Kier alpha value is -1.65. The van der Waals surface area contributed by atoms with Crippen LogP contribution in [0.4, 0.5) is 0 Å². The maximum absolute atomic E-state index is 5.90. The number of aromatic nitrogens is 1. The molecule has 1 saturated carbocycles. The van der Waals surface area contributed by atoms with Crippen molar-refractivity contribution in [2.45, 2.75) is 31.5 Å². The molecule has 1 saturated heterocycles. The predicted octanol–water partition coefficient (Wildman–Crippen LogP) is 2.26. The van der Waals surface area contributed by atoms with E-state index < -0.39 is 0 Å². The van der Waals surface area contributed by atoms with Crippen molar-refractivity contribution in [1.29, 1.82) is 0 Å². The highest BCUT2D eigenvalue weighted by Crippen LogP contribution is 2.28. The molecule has 0 radical (unpaired) electrons. The van der Waals surface area contributed by atoms with Gasteiger partial charge in [0.2, 0.25) is 5.88 Å². The molecule has 2 fully saturated rings. The molecule has 1 aromatic heterocycles. The second-order valence-electron chi connectivity index (χ2n) is 5.57. The van der Waals surface area contributed by atoms with Crippen LogP contribution in [0.5, 0.6) is 5.88 Å². The van der Waals surface area contributed by atoms with Crippen LogP contribution in [0.3, 0.4) is 0 Å². The first-order chi connectivity index (χ1) is 9.90. The topological polar surface area (TPSA) is 43.4 Å². The van der Waals surface area contributed by atoms with Gasteiger partial charge < -0.3 is 14.8 Å². The minimum Gasteiger partial charge on any atom is -0.469 e. The number of hydrogen-bond acceptors (Lipinski definition) is 4. The van der Waals surface area contributed by atoms with E-state index >= 15 is 0 Å². The van der Waals surface area contributed by atoms with Gasteiger partial charge in [-0.3, -0.25) is 0 Å². The average Bonchev–Trinajstić information content (AvgIpc) is 3.25. The molecule has 20 heavy (non-hydrogen) atoms. The Balaban J connectivity index is 1.64. The smallest absolute Gasteiger partial charge is 0.221 e. The monoisotopic (exact) mass is 270 g/mol. The van der Waals surface area contributed by atoms with Gasteiger partial charge in [0, 0.05) is 24.2 Å². The zero-order chi connectivity index (χ0) is 13.4. The molecule has 1 aromatic carbocycles. The van der Waals surface area contributed by atoms with Gasteiger partial charge >= 0.3 is 0 Å². The number of nitrogens with zero attached hydrogens (tertiary/aromatic N) is 1. The van der Waals surface area contributed by atoms with Gasteiger partial charge in [0.25, 0.3) is 0 Å². The molecule has 104 valence electrons. The van der Waals surface area contributed by atoms with E-state index in [1.807, 2.05) is 12.3 Å². The molecule has 1 aliphatic carbocycles. The van der Waals surface area contributed by atoms with E-state index in [1.165, 1.54) is 23.8 Å². The van der Waals surface area contributed by atoms with Crippen LogP contribution in [0, 0.1) is 0 Å². The minimum absolute atomic E-state index is 0.154.